The van der Waals surface area contributed by atoms with Crippen molar-refractivity contribution in [2.24, 2.45) is 0 Å². The maximum atomic E-state index is 13.7. The number of rotatable bonds is 19. The lowest BCUT2D eigenvalue weighted by molar-refractivity contribution is -0.153. The second-order valence-electron chi connectivity index (χ2n) is 13.7. The number of hydrogen-bond donors (Lipinski definition) is 1. The van der Waals surface area contributed by atoms with Crippen LogP contribution in [-0.4, -0.2) is 38.2 Å². The number of benzene rings is 3. The molecule has 0 aromatic heterocycles. The van der Waals surface area contributed by atoms with Gasteiger partial charge in [-0.1, -0.05) is 95.5 Å². The molecule has 0 saturated heterocycles. The third-order valence-electron chi connectivity index (χ3n) is 8.58. The van der Waals surface area contributed by atoms with E-state index in [9.17, 15) is 14.4 Å². The van der Waals surface area contributed by atoms with Crippen molar-refractivity contribution in [1.82, 2.24) is 0 Å². The molecule has 2 atom stereocenters. The van der Waals surface area contributed by atoms with Gasteiger partial charge in [0, 0.05) is 18.2 Å². The Bertz CT molecular complexity index is 1500. The average molecular weight is 674 g/mol. The SMILES string of the molecule is CCCCCC(CC(=O)Nc1cc(CCC(C)OC(=O)CCC(=O)OCc2ccccc2)ccc1C(C)(C)C)c1ccc(OC)cc1OC. The Labute approximate surface area is 292 Å². The third-order valence-corrected chi connectivity index (χ3v) is 8.58. The molecular formula is C41H55NO7. The number of carbonyl (C=O) groups excluding carboxylic acids is 3. The number of unbranched alkanes of at least 4 members (excludes halogenated alkanes) is 2. The standard InChI is InChI=1S/C41H55NO7/c1-8-9-11-16-32(34-21-20-33(46-6)27-37(34)47-7)26-38(43)42-36-25-30(19-22-35(36)41(3,4)5)18-17-29(2)49-40(45)24-23-39(44)48-28-31-14-12-10-13-15-31/h10,12-15,19-22,25,27,29,32H,8-9,11,16-18,23-24,26,28H2,1-7H3,(H,42,43). The second kappa shape index (κ2) is 19.6. The monoisotopic (exact) mass is 673 g/mol. The first kappa shape index (κ1) is 39.1. The van der Waals surface area contributed by atoms with Gasteiger partial charge in [0.2, 0.25) is 5.91 Å². The number of carbonyl (C=O) groups is 3. The van der Waals surface area contributed by atoms with Crippen molar-refractivity contribution in [3.8, 4) is 11.5 Å². The zero-order valence-electron chi connectivity index (χ0n) is 30.4. The molecular weight excluding hydrogens is 618 g/mol. The van der Waals surface area contributed by atoms with Crippen LogP contribution in [0.25, 0.3) is 0 Å². The van der Waals surface area contributed by atoms with Crippen molar-refractivity contribution >= 4 is 23.5 Å². The molecule has 0 fully saturated rings. The largest absolute Gasteiger partial charge is 0.497 e. The summed E-state index contributed by atoms with van der Waals surface area (Å²) in [4.78, 5) is 38.2. The van der Waals surface area contributed by atoms with Gasteiger partial charge in [0.05, 0.1) is 33.2 Å². The van der Waals surface area contributed by atoms with Gasteiger partial charge in [-0.05, 0) is 71.9 Å². The molecule has 0 spiro atoms. The van der Waals surface area contributed by atoms with E-state index in [4.69, 9.17) is 18.9 Å². The molecule has 2 unspecified atom stereocenters. The number of aryl methyl sites for hydroxylation is 1. The van der Waals surface area contributed by atoms with Gasteiger partial charge in [0.15, 0.2) is 0 Å². The number of amides is 1. The second-order valence-corrected chi connectivity index (χ2v) is 13.7. The first-order valence-electron chi connectivity index (χ1n) is 17.5. The molecule has 0 aliphatic heterocycles. The summed E-state index contributed by atoms with van der Waals surface area (Å²) in [5, 5.41) is 3.24. The van der Waals surface area contributed by atoms with Crippen molar-refractivity contribution < 1.29 is 33.3 Å². The summed E-state index contributed by atoms with van der Waals surface area (Å²) in [6.07, 6.45) is 5.28. The molecule has 3 aromatic carbocycles. The lowest BCUT2D eigenvalue weighted by Gasteiger charge is -2.25. The summed E-state index contributed by atoms with van der Waals surface area (Å²) in [5.74, 6) is 0.525. The van der Waals surface area contributed by atoms with Gasteiger partial charge in [-0.3, -0.25) is 14.4 Å². The number of nitrogens with one attached hydrogen (secondary N) is 1. The minimum absolute atomic E-state index is 0.00470. The van der Waals surface area contributed by atoms with E-state index >= 15 is 0 Å². The number of ether oxygens (including phenoxy) is 4. The molecule has 8 heteroatoms. The predicted molar refractivity (Wildman–Crippen MR) is 194 cm³/mol. The summed E-state index contributed by atoms with van der Waals surface area (Å²) in [6, 6.07) is 21.4. The van der Waals surface area contributed by atoms with E-state index in [2.05, 4.69) is 45.1 Å². The molecule has 0 radical (unpaired) electrons. The zero-order valence-corrected chi connectivity index (χ0v) is 30.4. The highest BCUT2D eigenvalue weighted by Crippen LogP contribution is 2.37. The van der Waals surface area contributed by atoms with E-state index in [1.807, 2.05) is 61.5 Å². The van der Waals surface area contributed by atoms with E-state index in [-0.39, 0.29) is 42.8 Å². The summed E-state index contributed by atoms with van der Waals surface area (Å²) in [7, 11) is 3.28. The van der Waals surface area contributed by atoms with Gasteiger partial charge in [0.1, 0.15) is 18.1 Å². The van der Waals surface area contributed by atoms with E-state index in [0.29, 0.717) is 25.0 Å². The van der Waals surface area contributed by atoms with Gasteiger partial charge >= 0.3 is 11.9 Å². The molecule has 49 heavy (non-hydrogen) atoms. The van der Waals surface area contributed by atoms with Gasteiger partial charge in [-0.15, -0.1) is 0 Å². The van der Waals surface area contributed by atoms with Crippen molar-refractivity contribution in [1.29, 1.82) is 0 Å². The van der Waals surface area contributed by atoms with Gasteiger partial charge in [-0.2, -0.15) is 0 Å². The van der Waals surface area contributed by atoms with Gasteiger partial charge in [0.25, 0.3) is 0 Å². The maximum absolute atomic E-state index is 13.7. The Kier molecular flexibility index (Phi) is 15.7. The quantitative estimate of drug-likeness (QED) is 0.100. The Hall–Kier alpha value is -4.33. The predicted octanol–water partition coefficient (Wildman–Crippen LogP) is 9.08. The fraction of sp³-hybridized carbons (Fsp3) is 0.488. The molecule has 1 amide bonds. The highest BCUT2D eigenvalue weighted by Gasteiger charge is 2.24. The summed E-state index contributed by atoms with van der Waals surface area (Å²) in [6.45, 7) is 10.6. The Morgan fingerprint density at radius 1 is 0.816 bits per heavy atom. The average Bonchev–Trinajstić information content (AvgIpc) is 3.08. The minimum Gasteiger partial charge on any atom is -0.497 e. The van der Waals surface area contributed by atoms with Gasteiger partial charge in [-0.25, -0.2) is 0 Å². The topological polar surface area (TPSA) is 100 Å². The molecule has 1 N–H and O–H groups in total. The lowest BCUT2D eigenvalue weighted by atomic mass is 9.84. The van der Waals surface area contributed by atoms with Crippen LogP contribution in [-0.2, 0) is 42.3 Å². The van der Waals surface area contributed by atoms with Crippen LogP contribution in [0, 0.1) is 0 Å². The van der Waals surface area contributed by atoms with Crippen LogP contribution < -0.4 is 14.8 Å². The molecule has 3 rings (SSSR count). The highest BCUT2D eigenvalue weighted by atomic mass is 16.5. The fourth-order valence-corrected chi connectivity index (χ4v) is 5.82. The number of anilines is 1. The van der Waals surface area contributed by atoms with Crippen LogP contribution in [0.15, 0.2) is 66.7 Å². The van der Waals surface area contributed by atoms with E-state index in [0.717, 1.165) is 59.4 Å². The molecule has 0 aliphatic rings. The molecule has 8 nitrogen and oxygen atoms in total. The first-order valence-corrected chi connectivity index (χ1v) is 17.5. The van der Waals surface area contributed by atoms with Crippen LogP contribution in [0.4, 0.5) is 5.69 Å². The molecule has 266 valence electrons. The molecule has 0 heterocycles. The van der Waals surface area contributed by atoms with Crippen molar-refractivity contribution in [2.75, 3.05) is 19.5 Å². The normalized spacial score (nSPS) is 12.5. The Morgan fingerprint density at radius 2 is 1.55 bits per heavy atom. The summed E-state index contributed by atoms with van der Waals surface area (Å²) >= 11 is 0. The Morgan fingerprint density at radius 3 is 2.22 bits per heavy atom. The van der Waals surface area contributed by atoms with Gasteiger partial charge < -0.3 is 24.3 Å². The van der Waals surface area contributed by atoms with Crippen LogP contribution in [0.1, 0.15) is 114 Å². The number of hydrogen-bond acceptors (Lipinski definition) is 7. The number of methoxy groups -OCH3 is 2. The maximum Gasteiger partial charge on any atom is 0.306 e. The number of esters is 2. The van der Waals surface area contributed by atoms with Crippen LogP contribution in [0.2, 0.25) is 0 Å². The van der Waals surface area contributed by atoms with E-state index in [1.165, 1.54) is 0 Å². The summed E-state index contributed by atoms with van der Waals surface area (Å²) < 4.78 is 22.0. The fourth-order valence-electron chi connectivity index (χ4n) is 5.82. The molecule has 3 aromatic rings. The molecule has 0 saturated carbocycles. The first-order chi connectivity index (χ1) is 23.4. The lowest BCUT2D eigenvalue weighted by Crippen LogP contribution is -2.21. The minimum atomic E-state index is -0.433. The zero-order chi connectivity index (χ0) is 35.8. The molecule has 0 bridgehead atoms. The van der Waals surface area contributed by atoms with Crippen molar-refractivity contribution in [3.05, 3.63) is 89.0 Å². The van der Waals surface area contributed by atoms with Crippen LogP contribution in [0.3, 0.4) is 0 Å². The smallest absolute Gasteiger partial charge is 0.306 e. The van der Waals surface area contributed by atoms with Crippen molar-refractivity contribution in [3.63, 3.8) is 0 Å². The van der Waals surface area contributed by atoms with Crippen molar-refractivity contribution in [2.45, 2.75) is 116 Å². The van der Waals surface area contributed by atoms with E-state index in [1.54, 1.807) is 14.2 Å². The van der Waals surface area contributed by atoms with Crippen LogP contribution in [0.5, 0.6) is 11.5 Å². The van der Waals surface area contributed by atoms with E-state index < -0.39 is 11.9 Å². The summed E-state index contributed by atoms with van der Waals surface area (Å²) in [5.41, 5.74) is 4.59. The highest BCUT2D eigenvalue weighted by molar-refractivity contribution is 5.92. The van der Waals surface area contributed by atoms with Crippen LogP contribution >= 0.6 is 0 Å². The third kappa shape index (κ3) is 13.2. The Balaban J connectivity index is 1.61. The molecule has 0 aliphatic carbocycles.